The third kappa shape index (κ3) is 1.35. The highest BCUT2D eigenvalue weighted by Gasteiger charge is 2.24. The quantitative estimate of drug-likeness (QED) is 0.563. The zero-order valence-corrected chi connectivity index (χ0v) is 10.9. The van der Waals surface area contributed by atoms with E-state index >= 15 is 0 Å². The minimum absolute atomic E-state index is 0.999. The fraction of sp³-hybridized carbons (Fsp3) is 0.312. The zero-order chi connectivity index (χ0) is 12.2. The maximum absolute atomic E-state index is 4.77. The second kappa shape index (κ2) is 3.43. The Morgan fingerprint density at radius 2 is 1.76 bits per heavy atom. The molecule has 86 valence electrons. The predicted molar refractivity (Wildman–Crippen MR) is 71.4 cm³/mol. The largest absolute Gasteiger partial charge is 0.257 e. The van der Waals surface area contributed by atoms with E-state index in [9.17, 15) is 0 Å². The molecule has 0 unspecified atom stereocenters. The molecule has 0 bridgehead atoms. The second-order valence-electron chi connectivity index (χ2n) is 5.05. The van der Waals surface area contributed by atoms with Gasteiger partial charge in [-0.2, -0.15) is 0 Å². The Hall–Kier alpha value is -1.63. The summed E-state index contributed by atoms with van der Waals surface area (Å²) in [5.74, 6) is 0. The molecule has 0 radical (unpaired) electrons. The van der Waals surface area contributed by atoms with E-state index in [1.54, 1.807) is 0 Å². The number of fused-ring (bicyclic) bond motifs is 3. The predicted octanol–water partition coefficient (Wildman–Crippen LogP) is 3.89. The number of benzene rings is 1. The molecule has 1 aromatic heterocycles. The lowest BCUT2D eigenvalue weighted by Gasteiger charge is -2.10. The minimum atomic E-state index is 0.999. The minimum Gasteiger partial charge on any atom is -0.257 e. The summed E-state index contributed by atoms with van der Waals surface area (Å²) >= 11 is 0. The van der Waals surface area contributed by atoms with E-state index in [0.717, 1.165) is 6.42 Å². The van der Waals surface area contributed by atoms with E-state index in [1.165, 1.54) is 44.8 Å². The summed E-state index contributed by atoms with van der Waals surface area (Å²) in [7, 11) is 0. The summed E-state index contributed by atoms with van der Waals surface area (Å²) in [5, 5.41) is 0. The van der Waals surface area contributed by atoms with Gasteiger partial charge in [-0.25, -0.2) is 0 Å². The average molecular weight is 223 g/mol. The van der Waals surface area contributed by atoms with Crippen molar-refractivity contribution >= 4 is 0 Å². The van der Waals surface area contributed by atoms with Gasteiger partial charge in [0.15, 0.2) is 0 Å². The number of aryl methyl sites for hydroxylation is 2. The maximum Gasteiger partial charge on any atom is 0.0532 e. The van der Waals surface area contributed by atoms with Crippen molar-refractivity contribution < 1.29 is 0 Å². The number of hydrogen-bond acceptors (Lipinski definition) is 1. The van der Waals surface area contributed by atoms with E-state index in [0.29, 0.717) is 0 Å². The third-order valence-corrected chi connectivity index (χ3v) is 4.10. The first-order chi connectivity index (χ1) is 8.09. The second-order valence-corrected chi connectivity index (χ2v) is 5.05. The molecule has 1 aromatic carbocycles. The molecule has 0 spiro atoms. The van der Waals surface area contributed by atoms with Gasteiger partial charge in [-0.1, -0.05) is 18.2 Å². The van der Waals surface area contributed by atoms with Gasteiger partial charge < -0.3 is 0 Å². The Balaban J connectivity index is 2.37. The number of pyridine rings is 1. The van der Waals surface area contributed by atoms with Crippen LogP contribution in [0, 0.1) is 27.7 Å². The van der Waals surface area contributed by atoms with E-state index < -0.39 is 0 Å². The van der Waals surface area contributed by atoms with Gasteiger partial charge in [0.25, 0.3) is 0 Å². The molecule has 3 rings (SSSR count). The summed E-state index contributed by atoms with van der Waals surface area (Å²) in [6.45, 7) is 8.70. The van der Waals surface area contributed by atoms with Crippen LogP contribution < -0.4 is 0 Å². The monoisotopic (exact) mass is 223 g/mol. The first-order valence-electron chi connectivity index (χ1n) is 6.15. The van der Waals surface area contributed by atoms with Crippen LogP contribution in [0.4, 0.5) is 0 Å². The third-order valence-electron chi connectivity index (χ3n) is 4.10. The molecule has 2 aromatic rings. The topological polar surface area (TPSA) is 12.9 Å². The zero-order valence-electron chi connectivity index (χ0n) is 10.9. The number of aromatic nitrogens is 1. The van der Waals surface area contributed by atoms with Crippen LogP contribution in [-0.2, 0) is 6.42 Å². The molecule has 0 atom stereocenters. The van der Waals surface area contributed by atoms with Crippen LogP contribution in [0.3, 0.4) is 0 Å². The van der Waals surface area contributed by atoms with Crippen molar-refractivity contribution in [1.29, 1.82) is 0 Å². The van der Waals surface area contributed by atoms with E-state index in [2.05, 4.69) is 45.9 Å². The molecular weight excluding hydrogens is 206 g/mol. The summed E-state index contributed by atoms with van der Waals surface area (Å²) in [5.41, 5.74) is 10.8. The molecule has 1 aliphatic carbocycles. The van der Waals surface area contributed by atoms with Crippen LogP contribution in [0.1, 0.15) is 33.6 Å². The highest BCUT2D eigenvalue weighted by molar-refractivity contribution is 5.80. The molecule has 0 fully saturated rings. The molecule has 17 heavy (non-hydrogen) atoms. The molecule has 1 heteroatoms. The molecule has 0 aliphatic heterocycles. The first kappa shape index (κ1) is 10.5. The van der Waals surface area contributed by atoms with Crippen LogP contribution in [-0.4, -0.2) is 4.98 Å². The van der Waals surface area contributed by atoms with E-state index in [4.69, 9.17) is 4.98 Å². The van der Waals surface area contributed by atoms with E-state index in [1.807, 2.05) is 0 Å². The van der Waals surface area contributed by atoms with Crippen LogP contribution in [0.2, 0.25) is 0 Å². The molecule has 0 saturated heterocycles. The Morgan fingerprint density at radius 3 is 2.53 bits per heavy atom. The average Bonchev–Trinajstić information content (AvgIpc) is 2.66. The fourth-order valence-electron chi connectivity index (χ4n) is 2.84. The summed E-state index contributed by atoms with van der Waals surface area (Å²) in [6.07, 6.45) is 0.999. The maximum atomic E-state index is 4.77. The Labute approximate surface area is 103 Å². The van der Waals surface area contributed by atoms with Crippen LogP contribution in [0.5, 0.6) is 0 Å². The van der Waals surface area contributed by atoms with Gasteiger partial charge in [-0.3, -0.25) is 4.98 Å². The lowest BCUT2D eigenvalue weighted by atomic mass is 9.97. The van der Waals surface area contributed by atoms with Crippen molar-refractivity contribution in [3.63, 3.8) is 0 Å². The standard InChI is InChI=1S/C16H17N/c1-9-6-5-7-13-14(9)8-15-16(13)11(3)10(2)12(4)17-15/h5-7H,8H2,1-4H3. The van der Waals surface area contributed by atoms with Gasteiger partial charge in [0.05, 0.1) is 5.69 Å². The molecule has 1 nitrogen and oxygen atoms in total. The number of hydrogen-bond donors (Lipinski definition) is 0. The van der Waals surface area contributed by atoms with E-state index in [-0.39, 0.29) is 0 Å². The summed E-state index contributed by atoms with van der Waals surface area (Å²) < 4.78 is 0. The first-order valence-corrected chi connectivity index (χ1v) is 6.15. The lowest BCUT2D eigenvalue weighted by molar-refractivity contribution is 1.03. The molecule has 1 heterocycles. The van der Waals surface area contributed by atoms with Gasteiger partial charge >= 0.3 is 0 Å². The lowest BCUT2D eigenvalue weighted by Crippen LogP contribution is -1.97. The van der Waals surface area contributed by atoms with Gasteiger partial charge in [-0.15, -0.1) is 0 Å². The number of rotatable bonds is 0. The van der Waals surface area contributed by atoms with Crippen molar-refractivity contribution in [2.75, 3.05) is 0 Å². The van der Waals surface area contributed by atoms with Gasteiger partial charge in [-0.05, 0) is 55.5 Å². The highest BCUT2D eigenvalue weighted by atomic mass is 14.7. The molecule has 0 amide bonds. The van der Waals surface area contributed by atoms with Crippen molar-refractivity contribution in [3.8, 4) is 11.1 Å². The summed E-state index contributed by atoms with van der Waals surface area (Å²) in [6, 6.07) is 6.58. The van der Waals surface area contributed by atoms with Gasteiger partial charge in [0, 0.05) is 17.7 Å². The van der Waals surface area contributed by atoms with Crippen molar-refractivity contribution in [2.24, 2.45) is 0 Å². The molecular formula is C16H17N. The van der Waals surface area contributed by atoms with Gasteiger partial charge in [0.2, 0.25) is 0 Å². The van der Waals surface area contributed by atoms with Crippen LogP contribution >= 0.6 is 0 Å². The van der Waals surface area contributed by atoms with Crippen LogP contribution in [0.25, 0.3) is 11.1 Å². The Bertz CT molecular complexity index is 624. The van der Waals surface area contributed by atoms with Crippen molar-refractivity contribution in [3.05, 3.63) is 51.8 Å². The SMILES string of the molecule is Cc1cccc2c1Cc1nc(C)c(C)c(C)c1-2. The molecule has 0 saturated carbocycles. The Morgan fingerprint density at radius 1 is 1.00 bits per heavy atom. The van der Waals surface area contributed by atoms with Gasteiger partial charge in [0.1, 0.15) is 0 Å². The Kier molecular flexibility index (Phi) is 2.12. The summed E-state index contributed by atoms with van der Waals surface area (Å²) in [4.78, 5) is 4.77. The fourth-order valence-corrected chi connectivity index (χ4v) is 2.84. The smallest absolute Gasteiger partial charge is 0.0532 e. The van der Waals surface area contributed by atoms with Crippen LogP contribution in [0.15, 0.2) is 18.2 Å². The van der Waals surface area contributed by atoms with Crippen molar-refractivity contribution in [1.82, 2.24) is 4.98 Å². The number of nitrogens with zero attached hydrogens (tertiary/aromatic N) is 1. The molecule has 0 N–H and O–H groups in total. The van der Waals surface area contributed by atoms with Crippen molar-refractivity contribution in [2.45, 2.75) is 34.1 Å². The molecule has 1 aliphatic rings. The normalized spacial score (nSPS) is 12.5. The highest BCUT2D eigenvalue weighted by Crippen LogP contribution is 2.40.